The van der Waals surface area contributed by atoms with Gasteiger partial charge in [-0.15, -0.1) is 0 Å². The SMILES string of the molecule is Cn1cc(C(=O)NC(Cc2ccccc2)C(=O)C(N)=O)c(N2CCN(C(=O)OCc3ccccc3)CC2)n1. The predicted molar refractivity (Wildman–Crippen MR) is 139 cm³/mol. The van der Waals surface area contributed by atoms with Crippen molar-refractivity contribution < 1.29 is 23.9 Å². The van der Waals surface area contributed by atoms with E-state index < -0.39 is 29.7 Å². The Kier molecular flexibility index (Phi) is 8.37. The van der Waals surface area contributed by atoms with Crippen molar-refractivity contribution in [2.45, 2.75) is 19.1 Å². The molecule has 2 heterocycles. The number of hydrogen-bond acceptors (Lipinski definition) is 7. The quantitative estimate of drug-likeness (QED) is 0.407. The van der Waals surface area contributed by atoms with Crippen LogP contribution in [0.5, 0.6) is 0 Å². The number of ether oxygens (including phenoxy) is 1. The summed E-state index contributed by atoms with van der Waals surface area (Å²) in [6.07, 6.45) is 1.27. The Labute approximate surface area is 220 Å². The van der Waals surface area contributed by atoms with E-state index in [1.54, 1.807) is 42.4 Å². The molecule has 4 rings (SSSR count). The number of carbonyl (C=O) groups is 4. The van der Waals surface area contributed by atoms with E-state index in [2.05, 4.69) is 10.4 Å². The zero-order valence-electron chi connectivity index (χ0n) is 21.1. The van der Waals surface area contributed by atoms with Gasteiger partial charge in [0.1, 0.15) is 18.2 Å². The number of nitrogens with one attached hydrogen (secondary N) is 1. The Balaban J connectivity index is 1.40. The Morgan fingerprint density at radius 2 is 1.55 bits per heavy atom. The summed E-state index contributed by atoms with van der Waals surface area (Å²) < 4.78 is 6.93. The summed E-state index contributed by atoms with van der Waals surface area (Å²) in [6, 6.07) is 17.4. The topological polar surface area (TPSA) is 140 Å². The minimum atomic E-state index is -1.12. The maximum Gasteiger partial charge on any atom is 0.410 e. The van der Waals surface area contributed by atoms with Crippen molar-refractivity contribution >= 4 is 29.5 Å². The van der Waals surface area contributed by atoms with Crippen molar-refractivity contribution in [2.24, 2.45) is 12.8 Å². The third-order valence-corrected chi connectivity index (χ3v) is 6.24. The summed E-state index contributed by atoms with van der Waals surface area (Å²) in [7, 11) is 1.69. The number of rotatable bonds is 9. The molecule has 1 atom stereocenters. The molecule has 2 aromatic carbocycles. The van der Waals surface area contributed by atoms with Gasteiger partial charge in [0.25, 0.3) is 11.8 Å². The summed E-state index contributed by atoms with van der Waals surface area (Å²) in [4.78, 5) is 53.4. The first-order chi connectivity index (χ1) is 18.3. The third-order valence-electron chi connectivity index (χ3n) is 6.24. The third kappa shape index (κ3) is 6.55. The van der Waals surface area contributed by atoms with Crippen LogP contribution in [0.15, 0.2) is 66.9 Å². The van der Waals surface area contributed by atoms with E-state index in [-0.39, 0.29) is 18.6 Å². The number of amides is 3. The van der Waals surface area contributed by atoms with Gasteiger partial charge in [0.2, 0.25) is 5.78 Å². The lowest BCUT2D eigenvalue weighted by Crippen LogP contribution is -2.50. The van der Waals surface area contributed by atoms with Crippen LogP contribution in [0, 0.1) is 0 Å². The van der Waals surface area contributed by atoms with Gasteiger partial charge in [-0.25, -0.2) is 4.79 Å². The largest absolute Gasteiger partial charge is 0.445 e. The number of Topliss-reactive ketones (excluding diaryl/α,β-unsaturated/α-hetero) is 1. The van der Waals surface area contributed by atoms with Crippen LogP contribution in [-0.2, 0) is 34.4 Å². The molecule has 11 heteroatoms. The number of nitrogens with two attached hydrogens (primary N) is 1. The van der Waals surface area contributed by atoms with Crippen molar-refractivity contribution in [1.29, 1.82) is 0 Å². The van der Waals surface area contributed by atoms with Gasteiger partial charge >= 0.3 is 6.09 Å². The molecular weight excluding hydrogens is 488 g/mol. The monoisotopic (exact) mass is 518 g/mol. The van der Waals surface area contributed by atoms with Gasteiger partial charge in [-0.2, -0.15) is 5.10 Å². The van der Waals surface area contributed by atoms with E-state index in [9.17, 15) is 19.2 Å². The minimum absolute atomic E-state index is 0.119. The van der Waals surface area contributed by atoms with E-state index in [1.807, 2.05) is 41.3 Å². The van der Waals surface area contributed by atoms with Crippen molar-refractivity contribution in [1.82, 2.24) is 20.0 Å². The van der Waals surface area contributed by atoms with Crippen LogP contribution < -0.4 is 16.0 Å². The summed E-state index contributed by atoms with van der Waals surface area (Å²) in [5.74, 6) is -2.12. The lowest BCUT2D eigenvalue weighted by Gasteiger charge is -2.34. The Bertz CT molecular complexity index is 1290. The minimum Gasteiger partial charge on any atom is -0.445 e. The molecule has 38 heavy (non-hydrogen) atoms. The molecule has 1 aliphatic heterocycles. The van der Waals surface area contributed by atoms with Gasteiger partial charge < -0.3 is 25.6 Å². The number of anilines is 1. The van der Waals surface area contributed by atoms with Crippen LogP contribution >= 0.6 is 0 Å². The number of ketones is 1. The lowest BCUT2D eigenvalue weighted by molar-refractivity contribution is -0.137. The molecule has 1 saturated heterocycles. The van der Waals surface area contributed by atoms with Crippen LogP contribution in [0.25, 0.3) is 0 Å². The van der Waals surface area contributed by atoms with Crippen molar-refractivity contribution in [3.63, 3.8) is 0 Å². The maximum atomic E-state index is 13.3. The standard InChI is InChI=1S/C27H30N6O5/c1-31-17-21(26(36)29-22(23(34)24(28)35)16-19-8-4-2-5-9-19)25(30-31)32-12-14-33(15-13-32)27(37)38-18-20-10-6-3-7-11-20/h2-11,17,22H,12-16,18H2,1H3,(H2,28,35)(H,29,36). The normalized spacial score (nSPS) is 14.0. The van der Waals surface area contributed by atoms with E-state index in [0.717, 1.165) is 11.1 Å². The smallest absolute Gasteiger partial charge is 0.410 e. The molecule has 1 fully saturated rings. The molecule has 11 nitrogen and oxygen atoms in total. The first-order valence-electron chi connectivity index (χ1n) is 12.2. The number of primary amides is 1. The highest BCUT2D eigenvalue weighted by molar-refractivity contribution is 6.38. The summed E-state index contributed by atoms with van der Waals surface area (Å²) in [6.45, 7) is 1.85. The van der Waals surface area contributed by atoms with E-state index in [0.29, 0.717) is 32.0 Å². The molecule has 1 aromatic heterocycles. The first kappa shape index (κ1) is 26.4. The molecule has 0 aliphatic carbocycles. The van der Waals surface area contributed by atoms with Crippen LogP contribution in [0.4, 0.5) is 10.6 Å². The molecule has 3 amide bonds. The van der Waals surface area contributed by atoms with Gasteiger partial charge in [0.15, 0.2) is 5.82 Å². The average molecular weight is 519 g/mol. The van der Waals surface area contributed by atoms with E-state index in [1.165, 1.54) is 4.68 Å². The molecule has 0 saturated carbocycles. The number of benzene rings is 2. The molecule has 3 N–H and O–H groups in total. The molecule has 1 aliphatic rings. The fraction of sp³-hybridized carbons (Fsp3) is 0.296. The van der Waals surface area contributed by atoms with Gasteiger partial charge in [-0.05, 0) is 11.1 Å². The van der Waals surface area contributed by atoms with E-state index in [4.69, 9.17) is 10.5 Å². The Morgan fingerprint density at radius 3 is 2.16 bits per heavy atom. The molecule has 1 unspecified atom stereocenters. The lowest BCUT2D eigenvalue weighted by atomic mass is 10.0. The van der Waals surface area contributed by atoms with Gasteiger partial charge in [-0.1, -0.05) is 60.7 Å². The van der Waals surface area contributed by atoms with Crippen LogP contribution in [0.3, 0.4) is 0 Å². The number of piperazine rings is 1. The fourth-order valence-corrected chi connectivity index (χ4v) is 4.25. The number of nitrogens with zero attached hydrogens (tertiary/aromatic N) is 4. The van der Waals surface area contributed by atoms with Gasteiger partial charge in [0.05, 0.1) is 0 Å². The van der Waals surface area contributed by atoms with Crippen molar-refractivity contribution in [2.75, 3.05) is 31.1 Å². The van der Waals surface area contributed by atoms with Crippen molar-refractivity contribution in [3.05, 3.63) is 83.6 Å². The summed E-state index contributed by atoms with van der Waals surface area (Å²) >= 11 is 0. The molecule has 0 radical (unpaired) electrons. The molecular formula is C27H30N6O5. The highest BCUT2D eigenvalue weighted by Gasteiger charge is 2.30. The molecule has 0 bridgehead atoms. The molecule has 0 spiro atoms. The van der Waals surface area contributed by atoms with Crippen LogP contribution in [0.2, 0.25) is 0 Å². The molecule has 3 aromatic rings. The van der Waals surface area contributed by atoms with Crippen LogP contribution in [0.1, 0.15) is 21.5 Å². The van der Waals surface area contributed by atoms with E-state index >= 15 is 0 Å². The van der Waals surface area contributed by atoms with Crippen molar-refractivity contribution in [3.8, 4) is 0 Å². The number of carbonyl (C=O) groups excluding carboxylic acids is 4. The Morgan fingerprint density at radius 1 is 0.947 bits per heavy atom. The predicted octanol–water partition coefficient (Wildman–Crippen LogP) is 1.27. The number of hydrogen-bond donors (Lipinski definition) is 2. The summed E-state index contributed by atoms with van der Waals surface area (Å²) in [5.41, 5.74) is 7.17. The fourth-order valence-electron chi connectivity index (χ4n) is 4.25. The first-order valence-corrected chi connectivity index (χ1v) is 12.2. The second-order valence-corrected chi connectivity index (χ2v) is 9.00. The number of aryl methyl sites for hydroxylation is 1. The van der Waals surface area contributed by atoms with Crippen LogP contribution in [-0.4, -0.2) is 70.6 Å². The number of aromatic nitrogens is 2. The summed E-state index contributed by atoms with van der Waals surface area (Å²) in [5, 5.41) is 7.10. The average Bonchev–Trinajstić information content (AvgIpc) is 3.33. The molecule has 198 valence electrons. The van der Waals surface area contributed by atoms with Gasteiger partial charge in [-0.3, -0.25) is 19.1 Å². The zero-order valence-corrected chi connectivity index (χ0v) is 21.1. The zero-order chi connectivity index (χ0) is 27.1. The van der Waals surface area contributed by atoms with Gasteiger partial charge in [0, 0.05) is 45.8 Å². The highest BCUT2D eigenvalue weighted by atomic mass is 16.6. The highest BCUT2D eigenvalue weighted by Crippen LogP contribution is 2.21. The Hall–Kier alpha value is -4.67. The second-order valence-electron chi connectivity index (χ2n) is 9.00. The maximum absolute atomic E-state index is 13.3. The second kappa shape index (κ2) is 12.0.